The number of benzene rings is 3. The summed E-state index contributed by atoms with van der Waals surface area (Å²) in [5, 5.41) is 11.2. The van der Waals surface area contributed by atoms with Gasteiger partial charge in [0, 0.05) is 23.4 Å². The summed E-state index contributed by atoms with van der Waals surface area (Å²) < 4.78 is 8.31. The zero-order chi connectivity index (χ0) is 21.4. The molecule has 5 rings (SSSR count). The lowest BCUT2D eigenvalue weighted by Gasteiger charge is -2.29. The Kier molecular flexibility index (Phi) is 5.04. The molecule has 4 aromatic rings. The molecule has 1 aliphatic rings. The van der Waals surface area contributed by atoms with Gasteiger partial charge in [-0.2, -0.15) is 0 Å². The fourth-order valence-corrected chi connectivity index (χ4v) is 4.42. The van der Waals surface area contributed by atoms with Gasteiger partial charge in [-0.1, -0.05) is 66.7 Å². The number of rotatable bonds is 5. The van der Waals surface area contributed by atoms with Crippen LogP contribution in [0.2, 0.25) is 0 Å². The first-order valence-corrected chi connectivity index (χ1v) is 10.7. The van der Waals surface area contributed by atoms with Crippen molar-refractivity contribution in [2.75, 3.05) is 20.6 Å². The van der Waals surface area contributed by atoms with Crippen LogP contribution in [0.15, 0.2) is 73.1 Å². The highest BCUT2D eigenvalue weighted by Crippen LogP contribution is 2.47. The lowest BCUT2D eigenvalue weighted by molar-refractivity contribution is 0.379. The molecule has 1 aliphatic heterocycles. The van der Waals surface area contributed by atoms with Crippen LogP contribution < -0.4 is 10.2 Å². The molecule has 3 aromatic carbocycles. The van der Waals surface area contributed by atoms with Crippen molar-refractivity contribution < 1.29 is 4.74 Å². The number of hydrogen-bond donors (Lipinski definition) is 1. The smallest absolute Gasteiger partial charge is 0.228 e. The second-order valence-electron chi connectivity index (χ2n) is 8.31. The van der Waals surface area contributed by atoms with E-state index in [4.69, 9.17) is 10.1 Å². The molecular weight excluding hydrogens is 384 g/mol. The van der Waals surface area contributed by atoms with Gasteiger partial charge in [-0.05, 0) is 38.0 Å². The third-order valence-electron chi connectivity index (χ3n) is 5.93. The van der Waals surface area contributed by atoms with Gasteiger partial charge >= 0.3 is 0 Å². The van der Waals surface area contributed by atoms with Crippen molar-refractivity contribution in [1.29, 1.82) is 5.41 Å². The first-order valence-electron chi connectivity index (χ1n) is 10.7. The third kappa shape index (κ3) is 3.51. The summed E-state index contributed by atoms with van der Waals surface area (Å²) in [6.07, 6.45) is 2.71. The Balaban J connectivity index is 1.69. The largest absolute Gasteiger partial charge is 0.438 e. The maximum atomic E-state index is 9.02. The molecule has 1 aromatic heterocycles. The van der Waals surface area contributed by atoms with Crippen LogP contribution in [0.4, 0.5) is 0 Å². The Hall–Kier alpha value is -3.44. The molecule has 1 N–H and O–H groups in total. The lowest BCUT2D eigenvalue weighted by Crippen LogP contribution is -2.30. The van der Waals surface area contributed by atoms with Crippen LogP contribution in [0.3, 0.4) is 0 Å². The average molecular weight is 411 g/mol. The molecule has 5 heteroatoms. The quantitative estimate of drug-likeness (QED) is 0.455. The Morgan fingerprint density at radius 2 is 1.77 bits per heavy atom. The molecule has 0 aliphatic carbocycles. The normalized spacial score (nSPS) is 14.9. The van der Waals surface area contributed by atoms with Crippen LogP contribution in [-0.2, 0) is 6.54 Å². The topological polar surface area (TPSA) is 54.1 Å². The predicted molar refractivity (Wildman–Crippen MR) is 123 cm³/mol. The Morgan fingerprint density at radius 3 is 2.58 bits per heavy atom. The Morgan fingerprint density at radius 1 is 1.00 bits per heavy atom. The van der Waals surface area contributed by atoms with E-state index in [1.165, 1.54) is 0 Å². The van der Waals surface area contributed by atoms with Crippen molar-refractivity contribution in [2.24, 2.45) is 0 Å². The zero-order valence-corrected chi connectivity index (χ0v) is 17.9. The second-order valence-corrected chi connectivity index (χ2v) is 8.31. The van der Waals surface area contributed by atoms with E-state index in [1.54, 1.807) is 6.33 Å². The molecule has 0 spiro atoms. The molecule has 0 unspecified atom stereocenters. The van der Waals surface area contributed by atoms with E-state index in [-0.39, 0.29) is 5.92 Å². The molecule has 0 fully saturated rings. The van der Waals surface area contributed by atoms with Crippen molar-refractivity contribution >= 4 is 10.8 Å². The van der Waals surface area contributed by atoms with Crippen LogP contribution in [0.25, 0.3) is 10.8 Å². The van der Waals surface area contributed by atoms with Gasteiger partial charge in [0.1, 0.15) is 17.6 Å². The molecule has 0 saturated carbocycles. The number of aromatic nitrogens is 2. The maximum Gasteiger partial charge on any atom is 0.228 e. The third-order valence-corrected chi connectivity index (χ3v) is 5.93. The van der Waals surface area contributed by atoms with E-state index in [2.05, 4.69) is 72.5 Å². The molecule has 0 bridgehead atoms. The van der Waals surface area contributed by atoms with Crippen molar-refractivity contribution in [3.8, 4) is 11.6 Å². The van der Waals surface area contributed by atoms with Crippen molar-refractivity contribution in [1.82, 2.24) is 14.5 Å². The highest BCUT2D eigenvalue weighted by Gasteiger charge is 2.32. The van der Waals surface area contributed by atoms with E-state index in [0.29, 0.717) is 11.4 Å². The van der Waals surface area contributed by atoms with E-state index in [0.717, 1.165) is 52.7 Å². The molecule has 0 radical (unpaired) electrons. The minimum absolute atomic E-state index is 0.0918. The van der Waals surface area contributed by atoms with E-state index in [9.17, 15) is 0 Å². The molecular formula is C26H26N4O. The van der Waals surface area contributed by atoms with E-state index >= 15 is 0 Å². The van der Waals surface area contributed by atoms with Crippen LogP contribution >= 0.6 is 0 Å². The number of ether oxygens (including phenoxy) is 1. The van der Waals surface area contributed by atoms with Gasteiger partial charge in [-0.25, -0.2) is 4.98 Å². The summed E-state index contributed by atoms with van der Waals surface area (Å²) >= 11 is 0. The molecule has 156 valence electrons. The van der Waals surface area contributed by atoms with Crippen LogP contribution in [0.1, 0.15) is 29.0 Å². The summed E-state index contributed by atoms with van der Waals surface area (Å²) in [6.45, 7) is 1.72. The molecule has 2 heterocycles. The van der Waals surface area contributed by atoms with Gasteiger partial charge in [-0.15, -0.1) is 0 Å². The molecule has 0 saturated heterocycles. The SMILES string of the molecule is CN(C)CCCn1cnc2c(c1=N)[C@@H](c1ccccc1)c1ccc3ccccc3c1O2. The summed E-state index contributed by atoms with van der Waals surface area (Å²) in [7, 11) is 4.13. The Labute approximate surface area is 182 Å². The second kappa shape index (κ2) is 8.00. The van der Waals surface area contributed by atoms with Gasteiger partial charge in [0.25, 0.3) is 0 Å². The monoisotopic (exact) mass is 410 g/mol. The van der Waals surface area contributed by atoms with Gasteiger partial charge in [0.15, 0.2) is 0 Å². The average Bonchev–Trinajstić information content (AvgIpc) is 2.79. The fraction of sp³-hybridized carbons (Fsp3) is 0.231. The molecule has 1 atom stereocenters. The summed E-state index contributed by atoms with van der Waals surface area (Å²) in [5.41, 5.74) is 3.53. The van der Waals surface area contributed by atoms with Gasteiger partial charge in [-0.3, -0.25) is 5.41 Å². The molecule has 0 amide bonds. The number of hydrogen-bond acceptors (Lipinski definition) is 4. The highest BCUT2D eigenvalue weighted by atomic mass is 16.5. The minimum Gasteiger partial charge on any atom is -0.438 e. The number of fused-ring (bicyclic) bond motifs is 4. The number of nitrogens with zero attached hydrogens (tertiary/aromatic N) is 3. The maximum absolute atomic E-state index is 9.02. The van der Waals surface area contributed by atoms with Crippen molar-refractivity contribution in [2.45, 2.75) is 18.9 Å². The molecule has 5 nitrogen and oxygen atoms in total. The standard InChI is InChI=1S/C26H26N4O/c1-29(2)15-8-16-30-17-28-26-23(25(30)27)22(19-10-4-3-5-11-19)21-14-13-18-9-6-7-12-20(18)24(21)31-26/h3-7,9-14,17,22,27H,8,15-16H2,1-2H3/t22-/m0/s1. The fourth-order valence-electron chi connectivity index (χ4n) is 4.42. The van der Waals surface area contributed by atoms with Crippen molar-refractivity contribution in [3.63, 3.8) is 0 Å². The van der Waals surface area contributed by atoms with E-state index in [1.807, 2.05) is 22.8 Å². The van der Waals surface area contributed by atoms with Crippen LogP contribution in [0, 0.1) is 5.41 Å². The first kappa shape index (κ1) is 19.5. The highest BCUT2D eigenvalue weighted by molar-refractivity contribution is 5.91. The van der Waals surface area contributed by atoms with Crippen LogP contribution in [0.5, 0.6) is 11.6 Å². The minimum atomic E-state index is -0.0918. The zero-order valence-electron chi connectivity index (χ0n) is 17.9. The number of nitrogens with one attached hydrogen (secondary N) is 1. The first-order chi connectivity index (χ1) is 15.1. The predicted octanol–water partition coefficient (Wildman–Crippen LogP) is 4.75. The summed E-state index contributed by atoms with van der Waals surface area (Å²) in [5.74, 6) is 1.29. The lowest BCUT2D eigenvalue weighted by atomic mass is 9.83. The van der Waals surface area contributed by atoms with E-state index < -0.39 is 0 Å². The number of aryl methyl sites for hydroxylation is 1. The summed E-state index contributed by atoms with van der Waals surface area (Å²) in [6, 6.07) is 22.9. The van der Waals surface area contributed by atoms with Gasteiger partial charge < -0.3 is 14.2 Å². The van der Waals surface area contributed by atoms with Crippen LogP contribution in [-0.4, -0.2) is 35.1 Å². The van der Waals surface area contributed by atoms with Crippen molar-refractivity contribution in [3.05, 3.63) is 95.2 Å². The summed E-state index contributed by atoms with van der Waals surface area (Å²) in [4.78, 5) is 6.83. The van der Waals surface area contributed by atoms with Gasteiger partial charge in [0.05, 0.1) is 5.56 Å². The molecule has 31 heavy (non-hydrogen) atoms. The Bertz CT molecular complexity index is 1290. The van der Waals surface area contributed by atoms with Gasteiger partial charge in [0.2, 0.25) is 5.88 Å².